The Morgan fingerprint density at radius 3 is 2.19 bits per heavy atom. The van der Waals surface area contributed by atoms with E-state index in [1.165, 1.54) is 33.5 Å². The minimum Gasteiger partial charge on any atom is -0.493 e. The SMILES string of the molecule is COc1cc(C(=O)N2CCc3c([nH]c4ccccc34)[C@H]2c2ccc(C(F)(F)F)cc2)cc(OC)c1OC. The van der Waals surface area contributed by atoms with Crippen LogP contribution < -0.4 is 14.2 Å². The van der Waals surface area contributed by atoms with Gasteiger partial charge in [0.1, 0.15) is 0 Å². The molecule has 5 rings (SSSR count). The summed E-state index contributed by atoms with van der Waals surface area (Å²) in [5.74, 6) is 0.713. The highest BCUT2D eigenvalue weighted by Gasteiger charge is 2.37. The molecule has 0 aliphatic carbocycles. The highest BCUT2D eigenvalue weighted by molar-refractivity contribution is 5.97. The van der Waals surface area contributed by atoms with Crippen molar-refractivity contribution in [1.29, 1.82) is 0 Å². The van der Waals surface area contributed by atoms with Gasteiger partial charge >= 0.3 is 6.18 Å². The first-order valence-electron chi connectivity index (χ1n) is 11.6. The lowest BCUT2D eigenvalue weighted by atomic mass is 9.91. The molecule has 9 heteroatoms. The van der Waals surface area contributed by atoms with Crippen LogP contribution in [0.2, 0.25) is 0 Å². The maximum Gasteiger partial charge on any atom is 0.416 e. The molecular formula is C28H25F3N2O4. The third-order valence-corrected chi connectivity index (χ3v) is 6.76. The highest BCUT2D eigenvalue weighted by atomic mass is 19.4. The number of aromatic amines is 1. The lowest BCUT2D eigenvalue weighted by molar-refractivity contribution is -0.137. The van der Waals surface area contributed by atoms with Gasteiger partial charge in [0.25, 0.3) is 5.91 Å². The van der Waals surface area contributed by atoms with Crippen molar-refractivity contribution >= 4 is 16.8 Å². The second kappa shape index (κ2) is 9.38. The topological polar surface area (TPSA) is 63.8 Å². The number of nitrogens with one attached hydrogen (secondary N) is 1. The van der Waals surface area contributed by atoms with Crippen molar-refractivity contribution in [3.63, 3.8) is 0 Å². The van der Waals surface area contributed by atoms with Crippen molar-refractivity contribution in [3.8, 4) is 17.2 Å². The molecule has 0 spiro atoms. The van der Waals surface area contributed by atoms with Crippen LogP contribution in [0.25, 0.3) is 10.9 Å². The first-order valence-corrected chi connectivity index (χ1v) is 11.6. The average Bonchev–Trinajstić information content (AvgIpc) is 3.29. The Kier molecular flexibility index (Phi) is 6.23. The number of amides is 1. The number of fused-ring (bicyclic) bond motifs is 3. The zero-order valence-electron chi connectivity index (χ0n) is 20.5. The van der Waals surface area contributed by atoms with Gasteiger partial charge in [-0.05, 0) is 47.9 Å². The number of halogens is 3. The Balaban J connectivity index is 1.64. The maximum atomic E-state index is 14.0. The number of hydrogen-bond acceptors (Lipinski definition) is 4. The predicted octanol–water partition coefficient (Wildman–Crippen LogP) is 6.00. The first-order chi connectivity index (χ1) is 17.8. The Labute approximate surface area is 211 Å². The van der Waals surface area contributed by atoms with E-state index in [1.54, 1.807) is 17.0 Å². The average molecular weight is 511 g/mol. The van der Waals surface area contributed by atoms with Crippen molar-refractivity contribution in [1.82, 2.24) is 9.88 Å². The van der Waals surface area contributed by atoms with E-state index < -0.39 is 17.8 Å². The highest BCUT2D eigenvalue weighted by Crippen LogP contribution is 2.42. The van der Waals surface area contributed by atoms with Crippen molar-refractivity contribution in [2.24, 2.45) is 0 Å². The fraction of sp³-hybridized carbons (Fsp3) is 0.250. The van der Waals surface area contributed by atoms with Crippen LogP contribution in [-0.2, 0) is 12.6 Å². The molecule has 1 atom stereocenters. The molecule has 1 amide bonds. The second-order valence-electron chi connectivity index (χ2n) is 8.75. The predicted molar refractivity (Wildman–Crippen MR) is 132 cm³/mol. The summed E-state index contributed by atoms with van der Waals surface area (Å²) in [6.07, 6.45) is -3.87. The lowest BCUT2D eigenvalue weighted by Gasteiger charge is -2.36. The van der Waals surface area contributed by atoms with Gasteiger partial charge in [0.05, 0.1) is 32.9 Å². The number of H-pyrrole nitrogens is 1. The van der Waals surface area contributed by atoms with Gasteiger partial charge in [-0.3, -0.25) is 4.79 Å². The van der Waals surface area contributed by atoms with Crippen LogP contribution in [0.3, 0.4) is 0 Å². The number of carbonyl (C=O) groups excluding carboxylic acids is 1. The Morgan fingerprint density at radius 1 is 0.946 bits per heavy atom. The van der Waals surface area contributed by atoms with Gasteiger partial charge in [-0.15, -0.1) is 0 Å². The molecule has 6 nitrogen and oxygen atoms in total. The third-order valence-electron chi connectivity index (χ3n) is 6.76. The fourth-order valence-corrected chi connectivity index (χ4v) is 5.03. The number of carbonyl (C=O) groups is 1. The third kappa shape index (κ3) is 4.24. The smallest absolute Gasteiger partial charge is 0.416 e. The molecule has 37 heavy (non-hydrogen) atoms. The van der Waals surface area contributed by atoms with E-state index in [9.17, 15) is 18.0 Å². The normalized spacial score (nSPS) is 15.4. The summed E-state index contributed by atoms with van der Waals surface area (Å²) < 4.78 is 56.0. The number of nitrogens with zero attached hydrogens (tertiary/aromatic N) is 1. The second-order valence-corrected chi connectivity index (χ2v) is 8.75. The van der Waals surface area contributed by atoms with Crippen LogP contribution in [0.1, 0.15) is 38.8 Å². The lowest BCUT2D eigenvalue weighted by Crippen LogP contribution is -2.40. The number of benzene rings is 3. The van der Waals surface area contributed by atoms with E-state index in [0.29, 0.717) is 41.3 Å². The van der Waals surface area contributed by atoms with Crippen LogP contribution >= 0.6 is 0 Å². The van der Waals surface area contributed by atoms with E-state index in [-0.39, 0.29) is 5.91 Å². The molecule has 2 heterocycles. The molecule has 0 bridgehead atoms. The summed E-state index contributed by atoms with van der Waals surface area (Å²) in [7, 11) is 4.41. The van der Waals surface area contributed by atoms with Crippen molar-refractivity contribution in [3.05, 3.63) is 88.6 Å². The van der Waals surface area contributed by atoms with Gasteiger partial charge in [-0.1, -0.05) is 30.3 Å². The number of rotatable bonds is 5. The van der Waals surface area contributed by atoms with Gasteiger partial charge in [0.15, 0.2) is 11.5 Å². The van der Waals surface area contributed by atoms with Gasteiger partial charge in [-0.25, -0.2) is 0 Å². The molecule has 4 aromatic rings. The standard InChI is InChI=1S/C28H25F3N2O4/c1-35-22-14-17(15-23(36-2)26(22)37-3)27(34)33-13-12-20-19-6-4-5-7-21(19)32-24(20)25(33)16-8-10-18(11-9-16)28(29,30)31/h4-11,14-15,25,32H,12-13H2,1-3H3/t25-/m1/s1. The monoisotopic (exact) mass is 510 g/mol. The maximum absolute atomic E-state index is 14.0. The van der Waals surface area contributed by atoms with Crippen LogP contribution in [0.4, 0.5) is 13.2 Å². The van der Waals surface area contributed by atoms with E-state index in [1.807, 2.05) is 24.3 Å². The quantitative estimate of drug-likeness (QED) is 0.358. The molecule has 0 radical (unpaired) electrons. The first kappa shape index (κ1) is 24.5. The Hall–Kier alpha value is -4.14. The minimum absolute atomic E-state index is 0.311. The zero-order chi connectivity index (χ0) is 26.3. The minimum atomic E-state index is -4.46. The molecule has 0 fully saturated rings. The van der Waals surface area contributed by atoms with Crippen LogP contribution in [0.5, 0.6) is 17.2 Å². The van der Waals surface area contributed by atoms with Gasteiger partial charge in [-0.2, -0.15) is 13.2 Å². The summed E-state index contributed by atoms with van der Waals surface area (Å²) >= 11 is 0. The van der Waals surface area contributed by atoms with Gasteiger partial charge in [0, 0.05) is 28.7 Å². The Morgan fingerprint density at radius 2 is 1.59 bits per heavy atom. The van der Waals surface area contributed by atoms with Crippen molar-refractivity contribution < 1.29 is 32.2 Å². The number of alkyl halides is 3. The summed E-state index contributed by atoms with van der Waals surface area (Å²) in [5.41, 5.74) is 2.88. The molecule has 1 aromatic heterocycles. The van der Waals surface area contributed by atoms with E-state index in [0.717, 1.165) is 34.3 Å². The molecule has 0 saturated carbocycles. The number of para-hydroxylation sites is 1. The molecule has 3 aromatic carbocycles. The molecule has 1 N–H and O–H groups in total. The molecule has 0 unspecified atom stereocenters. The largest absolute Gasteiger partial charge is 0.493 e. The number of ether oxygens (including phenoxy) is 3. The van der Waals surface area contributed by atoms with Crippen LogP contribution in [0.15, 0.2) is 60.7 Å². The molecule has 0 saturated heterocycles. The van der Waals surface area contributed by atoms with Crippen LogP contribution in [0, 0.1) is 0 Å². The summed E-state index contributed by atoms with van der Waals surface area (Å²) in [6.45, 7) is 0.371. The number of methoxy groups -OCH3 is 3. The van der Waals surface area contributed by atoms with Crippen LogP contribution in [-0.4, -0.2) is 43.7 Å². The fourth-order valence-electron chi connectivity index (χ4n) is 5.03. The molecule has 1 aliphatic heterocycles. The molecule has 192 valence electrons. The zero-order valence-corrected chi connectivity index (χ0v) is 20.5. The Bertz CT molecular complexity index is 1440. The summed E-state index contributed by atoms with van der Waals surface area (Å²) in [6, 6.07) is 15.3. The van der Waals surface area contributed by atoms with E-state index in [4.69, 9.17) is 14.2 Å². The van der Waals surface area contributed by atoms with E-state index >= 15 is 0 Å². The van der Waals surface area contributed by atoms with E-state index in [2.05, 4.69) is 4.98 Å². The number of aromatic nitrogens is 1. The van der Waals surface area contributed by atoms with Crippen molar-refractivity contribution in [2.45, 2.75) is 18.6 Å². The molecule has 1 aliphatic rings. The molecular weight excluding hydrogens is 485 g/mol. The number of hydrogen-bond donors (Lipinski definition) is 1. The van der Waals surface area contributed by atoms with Crippen molar-refractivity contribution in [2.75, 3.05) is 27.9 Å². The summed E-state index contributed by atoms with van der Waals surface area (Å²) in [5, 5.41) is 1.04. The van der Waals surface area contributed by atoms with Gasteiger partial charge in [0.2, 0.25) is 5.75 Å². The summed E-state index contributed by atoms with van der Waals surface area (Å²) in [4.78, 5) is 19.0. The van der Waals surface area contributed by atoms with Gasteiger partial charge < -0.3 is 24.1 Å².